The number of carboxylic acid groups (broad SMARTS) is 1. The Hall–Kier alpha value is -3.45. The number of rotatable bonds is 6. The zero-order valence-electron chi connectivity index (χ0n) is 16.0. The molecule has 4 rings (SSSR count). The van der Waals surface area contributed by atoms with Crippen LogP contribution >= 0.6 is 11.3 Å². The molecule has 7 heteroatoms. The van der Waals surface area contributed by atoms with Gasteiger partial charge in [0.25, 0.3) is 0 Å². The fourth-order valence-corrected chi connectivity index (χ4v) is 4.25. The second-order valence-corrected chi connectivity index (χ2v) is 7.61. The van der Waals surface area contributed by atoms with E-state index in [1.807, 2.05) is 37.3 Å². The van der Waals surface area contributed by atoms with Gasteiger partial charge in [-0.3, -0.25) is 0 Å². The Kier molecular flexibility index (Phi) is 5.14. The van der Waals surface area contributed by atoms with E-state index in [4.69, 9.17) is 4.74 Å². The maximum Gasteiger partial charge on any atom is 0.335 e. The Morgan fingerprint density at radius 3 is 2.69 bits per heavy atom. The molecule has 2 aromatic heterocycles. The van der Waals surface area contributed by atoms with Crippen LogP contribution < -0.4 is 10.1 Å². The molecule has 0 bridgehead atoms. The first kappa shape index (κ1) is 18.9. The van der Waals surface area contributed by atoms with E-state index < -0.39 is 5.97 Å². The molecule has 0 saturated carbocycles. The van der Waals surface area contributed by atoms with Gasteiger partial charge in [-0.05, 0) is 49.7 Å². The number of anilines is 2. The van der Waals surface area contributed by atoms with E-state index in [0.717, 1.165) is 32.0 Å². The van der Waals surface area contributed by atoms with Crippen molar-refractivity contribution in [1.82, 2.24) is 9.97 Å². The summed E-state index contributed by atoms with van der Waals surface area (Å²) in [5, 5.41) is 13.4. The zero-order chi connectivity index (χ0) is 20.4. The molecule has 146 valence electrons. The molecule has 2 N–H and O–H groups in total. The molecule has 0 aliphatic heterocycles. The first-order valence-corrected chi connectivity index (χ1v) is 9.96. The summed E-state index contributed by atoms with van der Waals surface area (Å²) < 4.78 is 5.55. The summed E-state index contributed by atoms with van der Waals surface area (Å²) in [6.07, 6.45) is 1.52. The average Bonchev–Trinajstić information content (AvgIpc) is 3.06. The van der Waals surface area contributed by atoms with Crippen LogP contribution in [-0.4, -0.2) is 27.7 Å². The van der Waals surface area contributed by atoms with E-state index in [2.05, 4.69) is 22.2 Å². The number of hydrogen-bond donors (Lipinski definition) is 2. The topological polar surface area (TPSA) is 84.3 Å². The Labute approximate surface area is 171 Å². The number of thiophene rings is 1. The summed E-state index contributed by atoms with van der Waals surface area (Å²) in [6.45, 7) is 4.64. The molecule has 0 saturated heterocycles. The van der Waals surface area contributed by atoms with Crippen LogP contribution in [0.2, 0.25) is 0 Å². The minimum Gasteiger partial charge on any atom is -0.494 e. The fraction of sp³-hybridized carbons (Fsp3) is 0.136. The number of hydrogen-bond acceptors (Lipinski definition) is 6. The average molecular weight is 405 g/mol. The number of nitrogens with zero attached hydrogens (tertiary/aromatic N) is 2. The van der Waals surface area contributed by atoms with Crippen molar-refractivity contribution in [2.24, 2.45) is 0 Å². The number of aromatic nitrogens is 2. The molecule has 2 heterocycles. The molecule has 0 aliphatic rings. The van der Waals surface area contributed by atoms with Gasteiger partial charge >= 0.3 is 5.97 Å². The number of aromatic carboxylic acids is 1. The van der Waals surface area contributed by atoms with Crippen LogP contribution in [0.5, 0.6) is 5.75 Å². The molecule has 0 fully saturated rings. The van der Waals surface area contributed by atoms with Crippen LogP contribution in [-0.2, 0) is 0 Å². The van der Waals surface area contributed by atoms with Gasteiger partial charge in [0.15, 0.2) is 0 Å². The Bertz CT molecular complexity index is 1190. The fourth-order valence-electron chi connectivity index (χ4n) is 3.24. The molecule has 29 heavy (non-hydrogen) atoms. The Morgan fingerprint density at radius 1 is 1.17 bits per heavy atom. The van der Waals surface area contributed by atoms with Crippen LogP contribution in [0.3, 0.4) is 0 Å². The highest BCUT2D eigenvalue weighted by Gasteiger charge is 2.17. The summed E-state index contributed by atoms with van der Waals surface area (Å²) in [7, 11) is 0. The molecule has 6 nitrogen and oxygen atoms in total. The number of benzene rings is 2. The third-order valence-electron chi connectivity index (χ3n) is 4.49. The normalized spacial score (nSPS) is 10.8. The Balaban J connectivity index is 1.80. The molecule has 0 amide bonds. The lowest BCUT2D eigenvalue weighted by molar-refractivity contribution is 0.0697. The van der Waals surface area contributed by atoms with Crippen molar-refractivity contribution in [3.05, 3.63) is 65.3 Å². The van der Waals surface area contributed by atoms with Crippen LogP contribution in [0.4, 0.5) is 11.5 Å². The molecule has 4 aromatic rings. The Morgan fingerprint density at radius 2 is 1.97 bits per heavy atom. The van der Waals surface area contributed by atoms with E-state index in [-0.39, 0.29) is 5.56 Å². The maximum absolute atomic E-state index is 11.3. The second kappa shape index (κ2) is 7.89. The number of aryl methyl sites for hydroxylation is 1. The minimum atomic E-state index is -0.970. The van der Waals surface area contributed by atoms with Crippen molar-refractivity contribution in [3.8, 4) is 16.9 Å². The standard InChI is InChI=1S/C22H19N3O3S/c1-3-28-17-9-7-14(8-10-17)18-13(2)29-21-19(18)20(23-12-24-21)25-16-6-4-5-15(11-16)22(26)27/h4-12H,3H2,1-2H3,(H,26,27)(H,23,24,25). The van der Waals surface area contributed by atoms with E-state index in [0.29, 0.717) is 18.1 Å². The quantitative estimate of drug-likeness (QED) is 0.440. The van der Waals surface area contributed by atoms with Crippen molar-refractivity contribution in [1.29, 1.82) is 0 Å². The predicted octanol–water partition coefficient (Wildman–Crippen LogP) is 5.51. The molecule has 0 aliphatic carbocycles. The first-order chi connectivity index (χ1) is 14.1. The molecular weight excluding hydrogens is 386 g/mol. The van der Waals surface area contributed by atoms with Crippen LogP contribution in [0, 0.1) is 6.92 Å². The van der Waals surface area contributed by atoms with Crippen LogP contribution in [0.15, 0.2) is 54.9 Å². The summed E-state index contributed by atoms with van der Waals surface area (Å²) >= 11 is 1.60. The van der Waals surface area contributed by atoms with Gasteiger partial charge < -0.3 is 15.2 Å². The maximum atomic E-state index is 11.3. The zero-order valence-corrected chi connectivity index (χ0v) is 16.8. The van der Waals surface area contributed by atoms with Crippen molar-refractivity contribution in [2.45, 2.75) is 13.8 Å². The molecule has 0 spiro atoms. The SMILES string of the molecule is CCOc1ccc(-c2c(C)sc3ncnc(Nc4cccc(C(=O)O)c4)c23)cc1. The van der Waals surface area contributed by atoms with Gasteiger partial charge in [-0.1, -0.05) is 18.2 Å². The van der Waals surface area contributed by atoms with E-state index in [9.17, 15) is 9.90 Å². The highest BCUT2D eigenvalue weighted by molar-refractivity contribution is 7.19. The van der Waals surface area contributed by atoms with E-state index >= 15 is 0 Å². The largest absolute Gasteiger partial charge is 0.494 e. The van der Waals surface area contributed by atoms with E-state index in [1.54, 1.807) is 29.5 Å². The molecule has 0 atom stereocenters. The van der Waals surface area contributed by atoms with Crippen LogP contribution in [0.1, 0.15) is 22.2 Å². The smallest absolute Gasteiger partial charge is 0.335 e. The predicted molar refractivity (Wildman–Crippen MR) is 115 cm³/mol. The molecule has 0 radical (unpaired) electrons. The molecular formula is C22H19N3O3S. The van der Waals surface area contributed by atoms with Crippen molar-refractivity contribution >= 4 is 39.0 Å². The van der Waals surface area contributed by atoms with Gasteiger partial charge in [0.05, 0.1) is 17.6 Å². The number of nitrogens with one attached hydrogen (secondary N) is 1. The lowest BCUT2D eigenvalue weighted by Crippen LogP contribution is -1.99. The molecule has 0 unspecified atom stereocenters. The van der Waals surface area contributed by atoms with Gasteiger partial charge in [-0.25, -0.2) is 14.8 Å². The van der Waals surface area contributed by atoms with Crippen molar-refractivity contribution in [3.63, 3.8) is 0 Å². The second-order valence-electron chi connectivity index (χ2n) is 6.40. The third-order valence-corrected chi connectivity index (χ3v) is 5.50. The van der Waals surface area contributed by atoms with Gasteiger partial charge in [-0.2, -0.15) is 0 Å². The number of carbonyl (C=O) groups is 1. The van der Waals surface area contributed by atoms with Crippen molar-refractivity contribution < 1.29 is 14.6 Å². The van der Waals surface area contributed by atoms with Gasteiger partial charge in [0.1, 0.15) is 22.7 Å². The van der Waals surface area contributed by atoms with Crippen molar-refractivity contribution in [2.75, 3.05) is 11.9 Å². The summed E-state index contributed by atoms with van der Waals surface area (Å²) in [6, 6.07) is 14.6. The summed E-state index contributed by atoms with van der Waals surface area (Å²) in [4.78, 5) is 22.1. The first-order valence-electron chi connectivity index (χ1n) is 9.14. The number of carboxylic acids is 1. The monoisotopic (exact) mass is 405 g/mol. The van der Waals surface area contributed by atoms with Crippen LogP contribution in [0.25, 0.3) is 21.3 Å². The van der Waals surface area contributed by atoms with Gasteiger partial charge in [0.2, 0.25) is 0 Å². The molecule has 2 aromatic carbocycles. The lowest BCUT2D eigenvalue weighted by Gasteiger charge is -2.10. The van der Waals surface area contributed by atoms with Gasteiger partial charge in [0, 0.05) is 16.1 Å². The van der Waals surface area contributed by atoms with Gasteiger partial charge in [-0.15, -0.1) is 11.3 Å². The summed E-state index contributed by atoms with van der Waals surface area (Å²) in [5.74, 6) is 0.502. The minimum absolute atomic E-state index is 0.216. The summed E-state index contributed by atoms with van der Waals surface area (Å²) in [5.41, 5.74) is 2.99. The number of fused-ring (bicyclic) bond motifs is 1. The highest BCUT2D eigenvalue weighted by atomic mass is 32.1. The lowest BCUT2D eigenvalue weighted by atomic mass is 10.0. The third kappa shape index (κ3) is 3.77. The number of ether oxygens (including phenoxy) is 1. The highest BCUT2D eigenvalue weighted by Crippen LogP contribution is 2.41. The van der Waals surface area contributed by atoms with E-state index in [1.165, 1.54) is 6.33 Å².